The van der Waals surface area contributed by atoms with E-state index in [-0.39, 0.29) is 0 Å². The molecule has 1 saturated carbocycles. The summed E-state index contributed by atoms with van der Waals surface area (Å²) in [5.41, 5.74) is 0. The number of halogens is 21. The fourth-order valence-electron chi connectivity index (χ4n) is 3.07. The van der Waals surface area contributed by atoms with Crippen molar-refractivity contribution in [1.29, 1.82) is 0 Å². The third-order valence-corrected chi connectivity index (χ3v) is 4.87. The molecular formula is C11F21N. The van der Waals surface area contributed by atoms with E-state index in [4.69, 9.17) is 0 Å². The first-order valence-electron chi connectivity index (χ1n) is 7.14. The molecule has 0 aromatic carbocycles. The topological polar surface area (TPSA) is 3.24 Å². The Kier molecular flexibility index (Phi) is 4.89. The minimum Gasteiger partial charge on any atom is -0.212 e. The average Bonchev–Trinajstić information content (AvgIpc) is 2.65. The van der Waals surface area contributed by atoms with Gasteiger partial charge in [0.15, 0.2) is 0 Å². The molecule has 0 spiro atoms. The zero-order chi connectivity index (χ0) is 27.1. The van der Waals surface area contributed by atoms with Crippen molar-refractivity contribution in [2.45, 2.75) is 65.3 Å². The van der Waals surface area contributed by atoms with E-state index in [0.717, 1.165) is 0 Å². The third kappa shape index (κ3) is 2.18. The molecule has 2 aliphatic rings. The van der Waals surface area contributed by atoms with Crippen molar-refractivity contribution >= 4 is 0 Å². The predicted octanol–water partition coefficient (Wildman–Crippen LogP) is 6.25. The molecule has 0 amide bonds. The van der Waals surface area contributed by atoms with Gasteiger partial charge in [-0.05, 0) is 0 Å². The zero-order valence-corrected chi connectivity index (χ0v) is 13.9. The quantitative estimate of drug-likeness (QED) is 0.279. The lowest BCUT2D eigenvalue weighted by molar-refractivity contribution is -0.531. The summed E-state index contributed by atoms with van der Waals surface area (Å²) < 4.78 is 283. The van der Waals surface area contributed by atoms with Crippen molar-refractivity contribution in [3.8, 4) is 0 Å². The fraction of sp³-hybridized carbons (Fsp3) is 1.00. The van der Waals surface area contributed by atoms with Crippen LogP contribution in [-0.2, 0) is 0 Å². The minimum atomic E-state index is -9.01. The highest BCUT2D eigenvalue weighted by Gasteiger charge is 3.09. The summed E-state index contributed by atoms with van der Waals surface area (Å²) >= 11 is 0. The molecule has 1 atom stereocenters. The van der Waals surface area contributed by atoms with Gasteiger partial charge in [-0.15, -0.1) is 4.90 Å². The monoisotopic (exact) mass is 545 g/mol. The van der Waals surface area contributed by atoms with E-state index in [0.29, 0.717) is 0 Å². The molecule has 0 bridgehead atoms. The summed E-state index contributed by atoms with van der Waals surface area (Å²) in [6, 6.07) is -8.42. The van der Waals surface area contributed by atoms with E-state index in [1.807, 2.05) is 0 Å². The van der Waals surface area contributed by atoms with Crippen LogP contribution in [0.3, 0.4) is 0 Å². The van der Waals surface area contributed by atoms with E-state index in [1.165, 1.54) is 0 Å². The lowest BCUT2D eigenvalue weighted by Crippen LogP contribution is -2.90. The molecule has 1 aliphatic heterocycles. The van der Waals surface area contributed by atoms with E-state index < -0.39 is 70.2 Å². The number of nitrogens with zero attached hydrogens (tertiary/aromatic N) is 1. The summed E-state index contributed by atoms with van der Waals surface area (Å²) in [6.07, 6.45) is -8.35. The maximum Gasteiger partial charge on any atom is 0.443 e. The lowest BCUT2D eigenvalue weighted by atomic mass is 9.75. The number of hydrogen-bond donors (Lipinski definition) is 0. The maximum atomic E-state index is 14.6. The molecule has 2 fully saturated rings. The van der Waals surface area contributed by atoms with Gasteiger partial charge in [-0.2, -0.15) is 83.4 Å². The molecule has 0 radical (unpaired) electrons. The molecule has 33 heavy (non-hydrogen) atoms. The normalized spacial score (nSPS) is 37.0. The van der Waals surface area contributed by atoms with E-state index in [9.17, 15) is 92.2 Å². The number of alkyl halides is 21. The van der Waals surface area contributed by atoms with Crippen LogP contribution in [0.25, 0.3) is 0 Å². The second-order valence-corrected chi connectivity index (χ2v) is 6.64. The first-order valence-corrected chi connectivity index (χ1v) is 7.14. The van der Waals surface area contributed by atoms with Crippen LogP contribution in [-0.4, -0.2) is 70.2 Å². The Bertz CT molecular complexity index is 806. The van der Waals surface area contributed by atoms with Gasteiger partial charge in [-0.1, -0.05) is 0 Å². The average molecular weight is 545 g/mol. The number of rotatable bonds is 1. The van der Waals surface area contributed by atoms with Crippen molar-refractivity contribution in [3.05, 3.63) is 0 Å². The first kappa shape index (κ1) is 27.7. The SMILES string of the molecule is FC(F)(F)C1(F)N(C2(F)C(F)(F)C(F)(F)C(F)(F)C(F)(F)C2(F)F)C(F)(F)C(F)(F)C1(F)F. The highest BCUT2D eigenvalue weighted by atomic mass is 19.4. The van der Waals surface area contributed by atoms with E-state index >= 15 is 0 Å². The van der Waals surface area contributed by atoms with Crippen LogP contribution in [0.5, 0.6) is 0 Å². The highest BCUT2D eigenvalue weighted by Crippen LogP contribution is 2.76. The number of hydrogen-bond acceptors (Lipinski definition) is 1. The molecule has 0 aromatic rings. The Hall–Kier alpha value is -1.51. The Morgan fingerprint density at radius 3 is 0.909 bits per heavy atom. The standard InChI is InChI=1S/C11F21N/c12-1(13)2(14,15)4(18,19)8(26,5(20,21)3(1,16)17)33-9(27,10(28,29)30)6(22,23)7(24,25)11(33,31)32. The minimum absolute atomic E-state index is 4.98. The summed E-state index contributed by atoms with van der Waals surface area (Å²) in [4.78, 5) is -4.98. The Labute approximate surface area is 164 Å². The van der Waals surface area contributed by atoms with E-state index in [1.54, 1.807) is 0 Å². The molecule has 1 unspecified atom stereocenters. The second-order valence-electron chi connectivity index (χ2n) is 6.64. The molecule has 196 valence electrons. The van der Waals surface area contributed by atoms with Crippen molar-refractivity contribution in [1.82, 2.24) is 4.90 Å². The summed E-state index contributed by atoms with van der Waals surface area (Å²) in [7, 11) is 0. The zero-order valence-electron chi connectivity index (χ0n) is 13.9. The predicted molar refractivity (Wildman–Crippen MR) is 55.1 cm³/mol. The Morgan fingerprint density at radius 2 is 0.636 bits per heavy atom. The van der Waals surface area contributed by atoms with Crippen molar-refractivity contribution in [2.24, 2.45) is 0 Å². The van der Waals surface area contributed by atoms with E-state index in [2.05, 4.69) is 0 Å². The van der Waals surface area contributed by atoms with Crippen LogP contribution < -0.4 is 0 Å². The highest BCUT2D eigenvalue weighted by molar-refractivity contribution is 5.32. The summed E-state index contributed by atoms with van der Waals surface area (Å²) in [5, 5.41) is 0. The number of likely N-dealkylation sites (tertiary alicyclic amines) is 1. The smallest absolute Gasteiger partial charge is 0.212 e. The Balaban J connectivity index is 3.21. The van der Waals surface area contributed by atoms with Crippen molar-refractivity contribution in [2.75, 3.05) is 0 Å². The van der Waals surface area contributed by atoms with Crippen LogP contribution in [0.1, 0.15) is 0 Å². The van der Waals surface area contributed by atoms with Crippen molar-refractivity contribution < 1.29 is 92.2 Å². The van der Waals surface area contributed by atoms with Crippen LogP contribution in [0.15, 0.2) is 0 Å². The lowest BCUT2D eigenvalue weighted by Gasteiger charge is -2.56. The molecule has 22 heteroatoms. The first-order chi connectivity index (χ1) is 13.9. The van der Waals surface area contributed by atoms with Gasteiger partial charge in [0.05, 0.1) is 0 Å². The molecule has 2 rings (SSSR count). The fourth-order valence-corrected chi connectivity index (χ4v) is 3.07. The van der Waals surface area contributed by atoms with Gasteiger partial charge in [-0.25, -0.2) is 8.78 Å². The van der Waals surface area contributed by atoms with Crippen LogP contribution in [0, 0.1) is 0 Å². The van der Waals surface area contributed by atoms with Gasteiger partial charge in [0.1, 0.15) is 0 Å². The van der Waals surface area contributed by atoms with Gasteiger partial charge < -0.3 is 0 Å². The van der Waals surface area contributed by atoms with Crippen LogP contribution in [0.2, 0.25) is 0 Å². The molecule has 1 aliphatic carbocycles. The molecule has 0 N–H and O–H groups in total. The van der Waals surface area contributed by atoms with Gasteiger partial charge in [0.2, 0.25) is 0 Å². The molecule has 1 nitrogen and oxygen atoms in total. The maximum absolute atomic E-state index is 14.6. The largest absolute Gasteiger partial charge is 0.443 e. The van der Waals surface area contributed by atoms with Gasteiger partial charge in [-0.3, -0.25) is 0 Å². The Morgan fingerprint density at radius 1 is 0.364 bits per heavy atom. The third-order valence-electron chi connectivity index (χ3n) is 4.87. The molecule has 1 saturated heterocycles. The van der Waals surface area contributed by atoms with Crippen molar-refractivity contribution in [3.63, 3.8) is 0 Å². The summed E-state index contributed by atoms with van der Waals surface area (Å²) in [6.45, 7) is 0. The molecule has 0 aromatic heterocycles. The molecular weight excluding hydrogens is 545 g/mol. The van der Waals surface area contributed by atoms with Gasteiger partial charge in [0, 0.05) is 0 Å². The molecule has 1 heterocycles. The van der Waals surface area contributed by atoms with Crippen LogP contribution in [0.4, 0.5) is 92.2 Å². The summed E-state index contributed by atoms with van der Waals surface area (Å²) in [5.74, 6) is -77.1. The van der Waals surface area contributed by atoms with Gasteiger partial charge in [0.25, 0.3) is 0 Å². The second kappa shape index (κ2) is 5.82. The van der Waals surface area contributed by atoms with Crippen LogP contribution >= 0.6 is 0 Å². The van der Waals surface area contributed by atoms with Gasteiger partial charge >= 0.3 is 65.3 Å².